The number of rotatable bonds is 0. The van der Waals surface area contributed by atoms with Crippen molar-refractivity contribution in [2.75, 3.05) is 7.11 Å². The normalized spacial score (nSPS) is 8.72. The van der Waals surface area contributed by atoms with E-state index in [2.05, 4.69) is 196 Å². The molecule has 0 aliphatic heterocycles. The molecule has 0 atom stereocenters. The number of hydrogen-bond acceptors (Lipinski definition) is 1. The molecule has 0 saturated heterocycles. The van der Waals surface area contributed by atoms with Crippen molar-refractivity contribution in [3.05, 3.63) is 170 Å². The Morgan fingerprint density at radius 1 is 0.362 bits per heavy atom. The molecule has 0 heterocycles. The first-order valence-electron chi connectivity index (χ1n) is 14.7. The molecule has 0 saturated carbocycles. The van der Waals surface area contributed by atoms with Crippen molar-refractivity contribution in [1.29, 1.82) is 0 Å². The molecule has 0 amide bonds. The van der Waals surface area contributed by atoms with Gasteiger partial charge in [-0.3, -0.25) is 0 Å². The third-order valence-electron chi connectivity index (χ3n) is 6.19. The first-order chi connectivity index (χ1) is 21.7. The van der Waals surface area contributed by atoms with E-state index >= 15 is 0 Å². The van der Waals surface area contributed by atoms with E-state index in [0.717, 1.165) is 26.1 Å². The SMILES string of the molecule is C[O-].C[Si]C.C[Si]C.[Cl-].[Zr+3].[Zr+3].c1ccc2[cH-]ccc2c1.c1ccc2[cH-]ccc2c1.c1ccc2[cH-]ccc2c1.c1ccc2[cH-]ccc2c1. The van der Waals surface area contributed by atoms with Crippen molar-refractivity contribution in [3.8, 4) is 0 Å². The van der Waals surface area contributed by atoms with Crippen molar-refractivity contribution in [2.24, 2.45) is 0 Å². The van der Waals surface area contributed by atoms with E-state index in [1.165, 1.54) is 43.1 Å². The van der Waals surface area contributed by atoms with Gasteiger partial charge in [-0.1, -0.05) is 50.5 Å². The van der Waals surface area contributed by atoms with Crippen LogP contribution in [0.4, 0.5) is 0 Å². The summed E-state index contributed by atoms with van der Waals surface area (Å²) in [7, 11) is 2.92. The fraction of sp³-hybridized carbons (Fsp3) is 0.122. The van der Waals surface area contributed by atoms with Gasteiger partial charge in [0.15, 0.2) is 0 Å². The summed E-state index contributed by atoms with van der Waals surface area (Å²) >= 11 is 0. The fourth-order valence-corrected chi connectivity index (χ4v) is 4.28. The van der Waals surface area contributed by atoms with Gasteiger partial charge in [0.05, 0.1) is 0 Å². The minimum atomic E-state index is 0. The predicted octanol–water partition coefficient (Wildman–Crippen LogP) is 7.78. The third-order valence-corrected chi connectivity index (χ3v) is 6.19. The number of halogens is 1. The Bertz CT molecular complexity index is 1430. The Balaban J connectivity index is 0. The molecule has 0 bridgehead atoms. The molecular weight excluding hydrogens is 783 g/mol. The van der Waals surface area contributed by atoms with Crippen LogP contribution in [-0.2, 0) is 52.4 Å². The second kappa shape index (κ2) is 29.9. The zero-order valence-electron chi connectivity index (χ0n) is 28.0. The Hall–Kier alpha value is -2.23. The summed E-state index contributed by atoms with van der Waals surface area (Å²) < 4.78 is 0. The molecule has 6 heteroatoms. The van der Waals surface area contributed by atoms with E-state index < -0.39 is 0 Å². The first kappa shape index (κ1) is 46.9. The van der Waals surface area contributed by atoms with Gasteiger partial charge in [-0.25, -0.2) is 0 Å². The van der Waals surface area contributed by atoms with Crippen LogP contribution in [0.2, 0.25) is 26.2 Å². The molecule has 1 nitrogen and oxygen atoms in total. The van der Waals surface area contributed by atoms with Gasteiger partial charge in [0.2, 0.25) is 0 Å². The van der Waals surface area contributed by atoms with Crippen LogP contribution in [0, 0.1) is 0 Å². The average Bonchev–Trinajstić information content (AvgIpc) is 3.90. The number of benzene rings is 4. The summed E-state index contributed by atoms with van der Waals surface area (Å²) in [5.74, 6) is 0. The van der Waals surface area contributed by atoms with E-state index in [1.54, 1.807) is 0 Å². The van der Waals surface area contributed by atoms with Gasteiger partial charge in [0.1, 0.15) is 0 Å². The quantitative estimate of drug-likeness (QED) is 0.113. The molecule has 0 aliphatic rings. The van der Waals surface area contributed by atoms with Crippen molar-refractivity contribution in [1.82, 2.24) is 0 Å². The molecule has 0 aromatic heterocycles. The molecule has 6 radical (unpaired) electrons. The average molecular weight is 826 g/mol. The van der Waals surface area contributed by atoms with Crippen LogP contribution in [0.5, 0.6) is 0 Å². The van der Waals surface area contributed by atoms with Crippen molar-refractivity contribution in [3.63, 3.8) is 0 Å². The van der Waals surface area contributed by atoms with Crippen LogP contribution < -0.4 is 17.5 Å². The molecule has 0 unspecified atom stereocenters. The van der Waals surface area contributed by atoms with Crippen LogP contribution in [0.25, 0.3) is 43.1 Å². The van der Waals surface area contributed by atoms with Crippen LogP contribution >= 0.6 is 0 Å². The second-order valence-electron chi connectivity index (χ2n) is 9.62. The Labute approximate surface area is 332 Å². The van der Waals surface area contributed by atoms with Crippen molar-refractivity contribution < 1.29 is 69.9 Å². The summed E-state index contributed by atoms with van der Waals surface area (Å²) in [6.45, 7) is 8.61. The molecule has 8 aromatic rings. The van der Waals surface area contributed by atoms with E-state index in [9.17, 15) is 0 Å². The molecule has 0 fully saturated rings. The van der Waals surface area contributed by atoms with E-state index in [1.807, 2.05) is 0 Å². The molecular formula is C41H43ClOSi2Zr2. The van der Waals surface area contributed by atoms with Gasteiger partial charge < -0.3 is 17.5 Å². The topological polar surface area (TPSA) is 23.1 Å². The van der Waals surface area contributed by atoms with Crippen LogP contribution in [0.15, 0.2) is 170 Å². The minimum Gasteiger partial charge on any atom is -1.00 e. The summed E-state index contributed by atoms with van der Waals surface area (Å²) in [5, 5.41) is 18.9. The standard InChI is InChI=1S/4C9H7.2C2H6Si.CH3O.ClH.2Zr/c4*1-2-5-9-7-3-6-8(9)4-1;2*1-3-2;1-2;;;/h4*1-7H;2*1-2H3;1H3;1H;;/q4*-1;;;-1;;2*+3/p-1. The number of hydrogen-bond donors (Lipinski definition) is 0. The maximum absolute atomic E-state index is 8.25. The molecule has 0 N–H and O–H groups in total. The first-order valence-corrected chi connectivity index (χ1v) is 18.7. The molecule has 8 rings (SSSR count). The zero-order chi connectivity index (χ0) is 31.8. The smallest absolute Gasteiger partial charge is 1.00 e. The van der Waals surface area contributed by atoms with Gasteiger partial charge in [-0.15, -0.1) is 119 Å². The molecule has 0 spiro atoms. The van der Waals surface area contributed by atoms with Crippen LogP contribution in [0.1, 0.15) is 0 Å². The molecule has 236 valence electrons. The Morgan fingerprint density at radius 2 is 0.532 bits per heavy atom. The summed E-state index contributed by atoms with van der Waals surface area (Å²) in [6.07, 6.45) is 0. The van der Waals surface area contributed by atoms with Gasteiger partial charge >= 0.3 is 52.4 Å². The molecule has 47 heavy (non-hydrogen) atoms. The minimum absolute atomic E-state index is 0. The number of fused-ring (bicyclic) bond motifs is 4. The van der Waals surface area contributed by atoms with Gasteiger partial charge in [-0.05, 0) is 0 Å². The van der Waals surface area contributed by atoms with E-state index in [-0.39, 0.29) is 64.8 Å². The maximum atomic E-state index is 8.25. The van der Waals surface area contributed by atoms with Gasteiger partial charge in [0, 0.05) is 19.0 Å². The largest absolute Gasteiger partial charge is 3.00 e. The molecule has 8 aromatic carbocycles. The third kappa shape index (κ3) is 17.7. The Kier molecular flexibility index (Phi) is 29.8. The van der Waals surface area contributed by atoms with Gasteiger partial charge in [0.25, 0.3) is 0 Å². The van der Waals surface area contributed by atoms with E-state index in [4.69, 9.17) is 5.11 Å². The summed E-state index contributed by atoms with van der Waals surface area (Å²) in [5.41, 5.74) is 0. The fourth-order valence-electron chi connectivity index (χ4n) is 4.28. The summed E-state index contributed by atoms with van der Waals surface area (Å²) in [4.78, 5) is 0. The van der Waals surface area contributed by atoms with E-state index in [0.29, 0.717) is 0 Å². The monoisotopic (exact) mass is 822 g/mol. The van der Waals surface area contributed by atoms with Crippen molar-refractivity contribution in [2.45, 2.75) is 26.2 Å². The van der Waals surface area contributed by atoms with Crippen LogP contribution in [0.3, 0.4) is 0 Å². The second-order valence-corrected chi connectivity index (χ2v) is 11.6. The molecule has 0 aliphatic carbocycles. The zero-order valence-corrected chi connectivity index (χ0v) is 35.6. The summed E-state index contributed by atoms with van der Waals surface area (Å²) in [6, 6.07) is 58.7. The van der Waals surface area contributed by atoms with Gasteiger partial charge in [-0.2, -0.15) is 77.2 Å². The van der Waals surface area contributed by atoms with Crippen LogP contribution in [-0.4, -0.2) is 26.1 Å². The Morgan fingerprint density at radius 3 is 0.702 bits per heavy atom. The van der Waals surface area contributed by atoms with Crippen molar-refractivity contribution >= 4 is 62.1 Å². The predicted molar refractivity (Wildman–Crippen MR) is 199 cm³/mol. The maximum Gasteiger partial charge on any atom is 3.00 e.